The van der Waals surface area contributed by atoms with Gasteiger partial charge < -0.3 is 24.3 Å². The number of carbonyl (C=O) groups is 1. The average molecular weight is 335 g/mol. The van der Waals surface area contributed by atoms with E-state index in [1.54, 1.807) is 0 Å². The van der Waals surface area contributed by atoms with Crippen LogP contribution in [0, 0.1) is 0 Å². The maximum Gasteiger partial charge on any atom is 1.00 e. The molecule has 0 fully saturated rings. The summed E-state index contributed by atoms with van der Waals surface area (Å²) in [6.07, 6.45) is 11.5. The molecular formula is C12H27KO6Si. The third kappa shape index (κ3) is 42.7. The SMILES string of the molecule is CCCCCCCCCCCC(=O)O.[K+].[O-][Si](O)(O)O. The second-order valence-electron chi connectivity index (χ2n) is 4.55. The zero-order valence-electron chi connectivity index (χ0n) is 12.7. The molecule has 116 valence electrons. The Hall–Kier alpha value is 1.16. The zero-order valence-corrected chi connectivity index (χ0v) is 16.8. The standard InChI is InChI=1S/C12H24O2.K.H3O4Si/c1-2-3-4-5-6-7-8-9-10-11-12(13)14;;1-5(2,3)4/h2-11H2,1H3,(H,13,14);;1-3H/q;+1;-1. The first kappa shape index (κ1) is 26.1. The molecule has 0 atom stereocenters. The van der Waals surface area contributed by atoms with Gasteiger partial charge in [0.15, 0.2) is 0 Å². The number of hydrogen-bond acceptors (Lipinski definition) is 5. The Morgan fingerprint density at radius 1 is 0.900 bits per heavy atom. The molecule has 4 N–H and O–H groups in total. The van der Waals surface area contributed by atoms with Gasteiger partial charge in [0.05, 0.1) is 0 Å². The Bertz CT molecular complexity index is 205. The Kier molecular flexibility index (Phi) is 23.8. The molecule has 0 radical (unpaired) electrons. The van der Waals surface area contributed by atoms with E-state index in [9.17, 15) is 4.79 Å². The van der Waals surface area contributed by atoms with E-state index in [1.807, 2.05) is 0 Å². The number of hydrogen-bond donors (Lipinski definition) is 4. The van der Waals surface area contributed by atoms with Crippen molar-refractivity contribution in [2.45, 2.75) is 71.1 Å². The van der Waals surface area contributed by atoms with E-state index in [-0.39, 0.29) is 51.4 Å². The molecule has 0 saturated carbocycles. The van der Waals surface area contributed by atoms with Gasteiger partial charge in [-0.3, -0.25) is 4.79 Å². The van der Waals surface area contributed by atoms with Gasteiger partial charge in [0.25, 0.3) is 0 Å². The van der Waals surface area contributed by atoms with Crippen LogP contribution in [0.1, 0.15) is 71.1 Å². The van der Waals surface area contributed by atoms with Crippen molar-refractivity contribution in [3.8, 4) is 0 Å². The van der Waals surface area contributed by atoms with Crippen LogP contribution in [0.3, 0.4) is 0 Å². The second-order valence-corrected chi connectivity index (χ2v) is 5.69. The van der Waals surface area contributed by atoms with Crippen molar-refractivity contribution in [1.29, 1.82) is 0 Å². The molecule has 0 aliphatic carbocycles. The third-order valence-corrected chi connectivity index (χ3v) is 2.49. The van der Waals surface area contributed by atoms with Crippen LogP contribution in [0.15, 0.2) is 0 Å². The fourth-order valence-corrected chi connectivity index (χ4v) is 1.59. The Balaban J connectivity index is -0.000000414. The van der Waals surface area contributed by atoms with Crippen molar-refractivity contribution in [2.75, 3.05) is 0 Å². The maximum atomic E-state index is 10.2. The van der Waals surface area contributed by atoms with Gasteiger partial charge in [-0.25, -0.2) is 0 Å². The Morgan fingerprint density at radius 2 is 1.20 bits per heavy atom. The van der Waals surface area contributed by atoms with Crippen LogP contribution < -0.4 is 56.2 Å². The molecule has 6 nitrogen and oxygen atoms in total. The van der Waals surface area contributed by atoms with Crippen LogP contribution in [0.4, 0.5) is 0 Å². The first-order valence-electron chi connectivity index (χ1n) is 6.86. The van der Waals surface area contributed by atoms with Gasteiger partial charge >= 0.3 is 66.4 Å². The summed E-state index contributed by atoms with van der Waals surface area (Å²) in [7, 11) is -4.86. The Labute approximate surface area is 165 Å². The van der Waals surface area contributed by atoms with Crippen molar-refractivity contribution >= 4 is 15.0 Å². The van der Waals surface area contributed by atoms with E-state index in [0.29, 0.717) is 6.42 Å². The van der Waals surface area contributed by atoms with Crippen molar-refractivity contribution in [3.05, 3.63) is 0 Å². The minimum Gasteiger partial charge on any atom is -0.794 e. The van der Waals surface area contributed by atoms with Gasteiger partial charge in [0.2, 0.25) is 0 Å². The fourth-order valence-electron chi connectivity index (χ4n) is 1.59. The van der Waals surface area contributed by atoms with E-state index < -0.39 is 15.0 Å². The van der Waals surface area contributed by atoms with E-state index >= 15 is 0 Å². The van der Waals surface area contributed by atoms with E-state index in [2.05, 4.69) is 6.92 Å². The molecule has 0 spiro atoms. The minimum absolute atomic E-state index is 0. The van der Waals surface area contributed by atoms with E-state index in [0.717, 1.165) is 12.8 Å². The predicted octanol–water partition coefficient (Wildman–Crippen LogP) is -2.24. The quantitative estimate of drug-likeness (QED) is 0.265. The van der Waals surface area contributed by atoms with Gasteiger partial charge in [0.1, 0.15) is 0 Å². The van der Waals surface area contributed by atoms with E-state index in [1.165, 1.54) is 44.9 Å². The fraction of sp³-hybridized carbons (Fsp3) is 0.917. The molecule has 20 heavy (non-hydrogen) atoms. The Morgan fingerprint density at radius 3 is 1.50 bits per heavy atom. The largest absolute Gasteiger partial charge is 1.00 e. The molecule has 8 heteroatoms. The van der Waals surface area contributed by atoms with Gasteiger partial charge in [-0.15, -0.1) is 0 Å². The van der Waals surface area contributed by atoms with Crippen molar-refractivity contribution in [1.82, 2.24) is 0 Å². The summed E-state index contributed by atoms with van der Waals surface area (Å²) in [4.78, 5) is 40.8. The van der Waals surface area contributed by atoms with Crippen LogP contribution in [0.2, 0.25) is 0 Å². The molecule has 0 saturated heterocycles. The maximum absolute atomic E-state index is 10.2. The number of carboxylic acid groups (broad SMARTS) is 1. The first-order valence-corrected chi connectivity index (χ1v) is 8.61. The summed E-state index contributed by atoms with van der Waals surface area (Å²) in [5.74, 6) is -0.659. The summed E-state index contributed by atoms with van der Waals surface area (Å²) in [6, 6.07) is 0. The van der Waals surface area contributed by atoms with E-state index in [4.69, 9.17) is 24.3 Å². The van der Waals surface area contributed by atoms with Crippen molar-refractivity contribution in [2.24, 2.45) is 0 Å². The first-order chi connectivity index (χ1) is 8.77. The molecule has 0 aromatic heterocycles. The summed E-state index contributed by atoms with van der Waals surface area (Å²) < 4.78 is 0. The smallest absolute Gasteiger partial charge is 0.794 e. The minimum atomic E-state index is -4.86. The summed E-state index contributed by atoms with van der Waals surface area (Å²) in [5, 5.41) is 8.41. The van der Waals surface area contributed by atoms with Gasteiger partial charge in [-0.1, -0.05) is 58.3 Å². The molecule has 0 aliphatic rings. The van der Waals surface area contributed by atoms with Crippen LogP contribution in [0.5, 0.6) is 0 Å². The van der Waals surface area contributed by atoms with Crippen LogP contribution in [0.25, 0.3) is 0 Å². The van der Waals surface area contributed by atoms with Crippen molar-refractivity contribution in [3.63, 3.8) is 0 Å². The van der Waals surface area contributed by atoms with Gasteiger partial charge in [-0.2, -0.15) is 0 Å². The van der Waals surface area contributed by atoms with Crippen molar-refractivity contribution < 1.29 is 80.5 Å². The monoisotopic (exact) mass is 334 g/mol. The molecule has 0 heterocycles. The van der Waals surface area contributed by atoms with Gasteiger partial charge in [-0.05, 0) is 6.42 Å². The summed E-state index contributed by atoms with van der Waals surface area (Å²) >= 11 is 0. The van der Waals surface area contributed by atoms with Crippen LogP contribution >= 0.6 is 0 Å². The molecule has 0 bridgehead atoms. The summed E-state index contributed by atoms with van der Waals surface area (Å²) in [5.41, 5.74) is 0. The number of rotatable bonds is 10. The molecular weight excluding hydrogens is 307 g/mol. The molecule has 0 amide bonds. The normalized spacial score (nSPS) is 10.2. The second kappa shape index (κ2) is 18.2. The molecule has 0 unspecified atom stereocenters. The molecule has 0 rings (SSSR count). The summed E-state index contributed by atoms with van der Waals surface area (Å²) in [6.45, 7) is 2.23. The topological polar surface area (TPSA) is 121 Å². The molecule has 0 aliphatic heterocycles. The molecule has 0 aromatic carbocycles. The number of unbranched alkanes of at least 4 members (excludes halogenated alkanes) is 8. The number of aliphatic carboxylic acids is 1. The molecule has 0 aromatic rings. The van der Waals surface area contributed by atoms with Crippen LogP contribution in [-0.4, -0.2) is 34.5 Å². The number of carboxylic acids is 1. The third-order valence-electron chi connectivity index (χ3n) is 2.49. The van der Waals surface area contributed by atoms with Crippen LogP contribution in [-0.2, 0) is 4.79 Å². The predicted molar refractivity (Wildman–Crippen MR) is 71.9 cm³/mol. The zero-order chi connectivity index (χ0) is 15.1. The average Bonchev–Trinajstić information content (AvgIpc) is 2.24. The van der Waals surface area contributed by atoms with Gasteiger partial charge in [0, 0.05) is 6.42 Å².